The third-order valence-corrected chi connectivity index (χ3v) is 3.94. The second-order valence-electron chi connectivity index (χ2n) is 5.86. The lowest BCUT2D eigenvalue weighted by molar-refractivity contribution is -0.113. The molecule has 0 unspecified atom stereocenters. The van der Waals surface area contributed by atoms with Crippen LogP contribution >= 0.6 is 11.6 Å². The molecule has 1 aromatic rings. The van der Waals surface area contributed by atoms with E-state index in [4.69, 9.17) is 11.6 Å². The zero-order valence-electron chi connectivity index (χ0n) is 11.2. The highest BCUT2D eigenvalue weighted by Gasteiger charge is 2.29. The van der Waals surface area contributed by atoms with Crippen molar-refractivity contribution in [2.24, 2.45) is 5.41 Å². The van der Waals surface area contributed by atoms with Crippen LogP contribution < -0.4 is 0 Å². The number of hydrogen-bond donors (Lipinski definition) is 0. The highest BCUT2D eigenvalue weighted by molar-refractivity contribution is 6.30. The van der Waals surface area contributed by atoms with Gasteiger partial charge in [-0.1, -0.05) is 37.6 Å². The molecule has 1 aliphatic carbocycles. The summed E-state index contributed by atoms with van der Waals surface area (Å²) in [6.07, 6.45) is 2.93. The van der Waals surface area contributed by atoms with Gasteiger partial charge in [0.05, 0.1) is 0 Å². The second kappa shape index (κ2) is 4.89. The van der Waals surface area contributed by atoms with E-state index in [1.54, 1.807) is 6.92 Å². The van der Waals surface area contributed by atoms with Crippen molar-refractivity contribution in [2.75, 3.05) is 0 Å². The molecule has 1 aromatic carbocycles. The minimum Gasteiger partial charge on any atom is -0.295 e. The fourth-order valence-corrected chi connectivity index (χ4v) is 2.73. The van der Waals surface area contributed by atoms with Crippen molar-refractivity contribution in [3.8, 4) is 0 Å². The van der Waals surface area contributed by atoms with Crippen molar-refractivity contribution in [1.29, 1.82) is 0 Å². The van der Waals surface area contributed by atoms with Crippen LogP contribution in [0.4, 0.5) is 0 Å². The molecule has 1 aliphatic rings. The molecule has 0 radical (unpaired) electrons. The maximum Gasteiger partial charge on any atom is 0.156 e. The molecule has 96 valence electrons. The number of Topliss-reactive ketones (excluding diaryl/α,β-unsaturated/α-hetero) is 1. The molecule has 18 heavy (non-hydrogen) atoms. The van der Waals surface area contributed by atoms with Crippen molar-refractivity contribution < 1.29 is 4.79 Å². The van der Waals surface area contributed by atoms with Crippen molar-refractivity contribution in [3.05, 3.63) is 40.4 Å². The number of hydrogen-bond acceptors (Lipinski definition) is 1. The van der Waals surface area contributed by atoms with Crippen LogP contribution in [0.2, 0.25) is 5.02 Å². The lowest BCUT2D eigenvalue weighted by Crippen LogP contribution is -2.20. The number of rotatable bonds is 2. The van der Waals surface area contributed by atoms with Gasteiger partial charge in [0.15, 0.2) is 5.78 Å². The van der Waals surface area contributed by atoms with Gasteiger partial charge >= 0.3 is 0 Å². The van der Waals surface area contributed by atoms with Gasteiger partial charge in [0.25, 0.3) is 0 Å². The van der Waals surface area contributed by atoms with Crippen LogP contribution in [0, 0.1) is 5.41 Å². The first-order valence-electron chi connectivity index (χ1n) is 6.38. The van der Waals surface area contributed by atoms with Gasteiger partial charge in [-0.2, -0.15) is 0 Å². The monoisotopic (exact) mass is 262 g/mol. The molecule has 1 nitrogen and oxygen atoms in total. The lowest BCUT2D eigenvalue weighted by atomic mass is 9.72. The molecule has 0 bridgehead atoms. The van der Waals surface area contributed by atoms with Gasteiger partial charge in [-0.25, -0.2) is 0 Å². The van der Waals surface area contributed by atoms with Crippen LogP contribution in [0.1, 0.15) is 45.6 Å². The van der Waals surface area contributed by atoms with Gasteiger partial charge in [0.1, 0.15) is 0 Å². The molecule has 2 heteroatoms. The van der Waals surface area contributed by atoms with Crippen LogP contribution in [-0.4, -0.2) is 5.78 Å². The van der Waals surface area contributed by atoms with E-state index in [2.05, 4.69) is 13.8 Å². The molecule has 0 heterocycles. The summed E-state index contributed by atoms with van der Waals surface area (Å²) in [4.78, 5) is 11.8. The summed E-state index contributed by atoms with van der Waals surface area (Å²) >= 11 is 5.92. The first-order chi connectivity index (χ1) is 8.39. The number of carbonyl (C=O) groups is 1. The van der Waals surface area contributed by atoms with E-state index in [9.17, 15) is 4.79 Å². The molecular weight excluding hydrogens is 244 g/mol. The van der Waals surface area contributed by atoms with Gasteiger partial charge in [0, 0.05) is 5.02 Å². The second-order valence-corrected chi connectivity index (χ2v) is 6.30. The number of ketones is 1. The zero-order chi connectivity index (χ0) is 13.3. The Morgan fingerprint density at radius 3 is 2.39 bits per heavy atom. The highest BCUT2D eigenvalue weighted by Crippen LogP contribution is 2.43. The van der Waals surface area contributed by atoms with Crippen LogP contribution in [0.3, 0.4) is 0 Å². The molecule has 0 saturated carbocycles. The van der Waals surface area contributed by atoms with Gasteiger partial charge in [-0.3, -0.25) is 4.79 Å². The van der Waals surface area contributed by atoms with Crippen LogP contribution in [0.25, 0.3) is 5.57 Å². The Morgan fingerprint density at radius 1 is 1.22 bits per heavy atom. The van der Waals surface area contributed by atoms with Crippen molar-refractivity contribution in [2.45, 2.75) is 40.0 Å². The van der Waals surface area contributed by atoms with Crippen LogP contribution in [0.5, 0.6) is 0 Å². The highest BCUT2D eigenvalue weighted by atomic mass is 35.5. The quantitative estimate of drug-likeness (QED) is 0.741. The molecule has 0 spiro atoms. The molecule has 0 atom stereocenters. The Balaban J connectivity index is 2.47. The summed E-state index contributed by atoms with van der Waals surface area (Å²) in [5.41, 5.74) is 3.61. The number of halogens is 1. The number of carbonyl (C=O) groups excluding carboxylic acids is 1. The van der Waals surface area contributed by atoms with E-state index in [-0.39, 0.29) is 11.2 Å². The van der Waals surface area contributed by atoms with Crippen LogP contribution in [0.15, 0.2) is 29.8 Å². The molecule has 0 amide bonds. The zero-order valence-corrected chi connectivity index (χ0v) is 12.0. The third-order valence-electron chi connectivity index (χ3n) is 3.69. The summed E-state index contributed by atoms with van der Waals surface area (Å²) in [6, 6.07) is 7.82. The first kappa shape index (κ1) is 13.4. The van der Waals surface area contributed by atoms with E-state index < -0.39 is 0 Å². The van der Waals surface area contributed by atoms with Gasteiger partial charge in [0.2, 0.25) is 0 Å². The fraction of sp³-hybridized carbons (Fsp3) is 0.438. The van der Waals surface area contributed by atoms with E-state index >= 15 is 0 Å². The maximum absolute atomic E-state index is 11.8. The Labute approximate surface area is 114 Å². The standard InChI is InChI=1S/C16H19ClO/c1-11(18)14-8-9-16(2,3)10-15(14)12-4-6-13(17)7-5-12/h4-7H,8-10H2,1-3H3. The molecule has 2 rings (SSSR count). The fourth-order valence-electron chi connectivity index (χ4n) is 2.60. The number of benzene rings is 1. The van der Waals surface area contributed by atoms with Gasteiger partial charge < -0.3 is 0 Å². The smallest absolute Gasteiger partial charge is 0.156 e. The van der Waals surface area contributed by atoms with Crippen LogP contribution in [-0.2, 0) is 4.79 Å². The molecule has 0 N–H and O–H groups in total. The topological polar surface area (TPSA) is 17.1 Å². The molecule has 0 saturated heterocycles. The Morgan fingerprint density at radius 2 is 1.83 bits per heavy atom. The summed E-state index contributed by atoms with van der Waals surface area (Å²) in [7, 11) is 0. The normalized spacial score (nSPS) is 18.9. The average Bonchev–Trinajstić information content (AvgIpc) is 2.28. The largest absolute Gasteiger partial charge is 0.295 e. The SMILES string of the molecule is CC(=O)C1=C(c2ccc(Cl)cc2)CC(C)(C)CC1. The summed E-state index contributed by atoms with van der Waals surface area (Å²) in [6.45, 7) is 6.20. The van der Waals surface area contributed by atoms with Gasteiger partial charge in [-0.05, 0) is 60.4 Å². The van der Waals surface area contributed by atoms with Gasteiger partial charge in [-0.15, -0.1) is 0 Å². The van der Waals surface area contributed by atoms with E-state index in [0.29, 0.717) is 0 Å². The van der Waals surface area contributed by atoms with Crippen molar-refractivity contribution in [3.63, 3.8) is 0 Å². The van der Waals surface area contributed by atoms with E-state index in [1.807, 2.05) is 24.3 Å². The predicted octanol–water partition coefficient (Wildman–Crippen LogP) is 4.89. The minimum atomic E-state index is 0.204. The molecule has 0 aliphatic heterocycles. The Kier molecular flexibility index (Phi) is 3.63. The third kappa shape index (κ3) is 2.84. The average molecular weight is 263 g/mol. The maximum atomic E-state index is 11.8. The summed E-state index contributed by atoms with van der Waals surface area (Å²) in [5, 5.41) is 0.735. The predicted molar refractivity (Wildman–Crippen MR) is 76.7 cm³/mol. The van der Waals surface area contributed by atoms with Crippen molar-refractivity contribution >= 4 is 23.0 Å². The van der Waals surface area contributed by atoms with Crippen molar-refractivity contribution in [1.82, 2.24) is 0 Å². The summed E-state index contributed by atoms with van der Waals surface area (Å²) in [5.74, 6) is 0.204. The molecular formula is C16H19ClO. The summed E-state index contributed by atoms with van der Waals surface area (Å²) < 4.78 is 0. The first-order valence-corrected chi connectivity index (χ1v) is 6.76. The minimum absolute atomic E-state index is 0.204. The van der Waals surface area contributed by atoms with E-state index in [1.165, 1.54) is 5.57 Å². The molecule has 0 aromatic heterocycles. The lowest BCUT2D eigenvalue weighted by Gasteiger charge is -2.32. The molecule has 0 fully saturated rings. The Hall–Kier alpha value is -1.08. The van der Waals surface area contributed by atoms with E-state index in [0.717, 1.165) is 35.4 Å². The Bertz CT molecular complexity index is 494. The number of allylic oxidation sites excluding steroid dienone is 2.